The summed E-state index contributed by atoms with van der Waals surface area (Å²) in [4.78, 5) is 24.5. The van der Waals surface area contributed by atoms with E-state index in [2.05, 4.69) is 14.9 Å². The van der Waals surface area contributed by atoms with Gasteiger partial charge in [0.2, 0.25) is 0 Å². The van der Waals surface area contributed by atoms with Gasteiger partial charge >= 0.3 is 0 Å². The quantitative estimate of drug-likeness (QED) is 0.786. The van der Waals surface area contributed by atoms with Crippen molar-refractivity contribution in [1.29, 1.82) is 0 Å². The van der Waals surface area contributed by atoms with Gasteiger partial charge in [0, 0.05) is 54.8 Å². The minimum atomic E-state index is 0.0461. The number of halogens is 1. The number of H-pyrrole nitrogens is 1. The van der Waals surface area contributed by atoms with Crippen molar-refractivity contribution in [2.75, 3.05) is 26.2 Å². The maximum atomic E-state index is 12.8. The molecule has 2 aromatic heterocycles. The predicted molar refractivity (Wildman–Crippen MR) is 98.7 cm³/mol. The van der Waals surface area contributed by atoms with E-state index in [0.717, 1.165) is 49.3 Å². The van der Waals surface area contributed by atoms with Crippen molar-refractivity contribution < 1.29 is 4.79 Å². The topological polar surface area (TPSA) is 52.2 Å². The molecule has 1 N–H and O–H groups in total. The molecule has 0 saturated carbocycles. The molecule has 25 heavy (non-hydrogen) atoms. The molecule has 1 aromatic carbocycles. The number of piperazine rings is 1. The summed E-state index contributed by atoms with van der Waals surface area (Å²) in [6.45, 7) is 3.99. The molecule has 4 rings (SSSR count). The van der Waals surface area contributed by atoms with Crippen LogP contribution >= 0.6 is 11.6 Å². The van der Waals surface area contributed by atoms with E-state index in [0.29, 0.717) is 10.7 Å². The number of aromatic amines is 1. The van der Waals surface area contributed by atoms with Gasteiger partial charge in [0.25, 0.3) is 5.91 Å². The van der Waals surface area contributed by atoms with Gasteiger partial charge < -0.3 is 9.88 Å². The second-order valence-corrected chi connectivity index (χ2v) is 6.74. The SMILES string of the molecule is O=C(c1cc2cc(Cl)ccc2[nH]1)N1CCN(Cc2ccccn2)CC1. The average molecular weight is 355 g/mol. The molecule has 5 nitrogen and oxygen atoms in total. The van der Waals surface area contributed by atoms with E-state index in [9.17, 15) is 4.79 Å². The van der Waals surface area contributed by atoms with Gasteiger partial charge in [-0.2, -0.15) is 0 Å². The largest absolute Gasteiger partial charge is 0.351 e. The van der Waals surface area contributed by atoms with Crippen LogP contribution in [0.5, 0.6) is 0 Å². The van der Waals surface area contributed by atoms with Gasteiger partial charge in [0.15, 0.2) is 0 Å². The summed E-state index contributed by atoms with van der Waals surface area (Å²) in [5.41, 5.74) is 2.62. The second kappa shape index (κ2) is 6.86. The van der Waals surface area contributed by atoms with Crippen molar-refractivity contribution in [3.8, 4) is 0 Å². The number of carbonyl (C=O) groups is 1. The molecule has 1 aliphatic rings. The monoisotopic (exact) mass is 354 g/mol. The molecule has 0 aliphatic carbocycles. The molecule has 3 aromatic rings. The van der Waals surface area contributed by atoms with Gasteiger partial charge in [-0.15, -0.1) is 0 Å². The van der Waals surface area contributed by atoms with E-state index in [1.807, 2.05) is 53.6 Å². The van der Waals surface area contributed by atoms with Crippen LogP contribution in [0, 0.1) is 0 Å². The van der Waals surface area contributed by atoms with E-state index < -0.39 is 0 Å². The second-order valence-electron chi connectivity index (χ2n) is 6.30. The zero-order valence-electron chi connectivity index (χ0n) is 13.8. The smallest absolute Gasteiger partial charge is 0.270 e. The molecule has 6 heteroatoms. The third-order valence-corrected chi connectivity index (χ3v) is 4.82. The van der Waals surface area contributed by atoms with Crippen molar-refractivity contribution in [1.82, 2.24) is 19.8 Å². The number of carbonyl (C=O) groups excluding carboxylic acids is 1. The van der Waals surface area contributed by atoms with Crippen molar-refractivity contribution >= 4 is 28.4 Å². The number of nitrogens with one attached hydrogen (secondary N) is 1. The van der Waals surface area contributed by atoms with Gasteiger partial charge in [0.1, 0.15) is 5.69 Å². The molecule has 0 atom stereocenters. The summed E-state index contributed by atoms with van der Waals surface area (Å²) in [5.74, 6) is 0.0461. The molecule has 1 aliphatic heterocycles. The molecule has 1 fully saturated rings. The Morgan fingerprint density at radius 1 is 1.12 bits per heavy atom. The van der Waals surface area contributed by atoms with Crippen LogP contribution in [0.3, 0.4) is 0 Å². The summed E-state index contributed by atoms with van der Waals surface area (Å²) < 4.78 is 0. The number of fused-ring (bicyclic) bond motifs is 1. The lowest BCUT2D eigenvalue weighted by Gasteiger charge is -2.34. The van der Waals surface area contributed by atoms with Gasteiger partial charge in [-0.25, -0.2) is 0 Å². The van der Waals surface area contributed by atoms with E-state index in [1.54, 1.807) is 0 Å². The van der Waals surface area contributed by atoms with Crippen LogP contribution in [0.1, 0.15) is 16.2 Å². The first-order valence-electron chi connectivity index (χ1n) is 8.39. The summed E-state index contributed by atoms with van der Waals surface area (Å²) >= 11 is 6.02. The van der Waals surface area contributed by atoms with E-state index in [1.165, 1.54) is 0 Å². The van der Waals surface area contributed by atoms with Crippen molar-refractivity contribution in [3.63, 3.8) is 0 Å². The Balaban J connectivity index is 1.40. The highest BCUT2D eigenvalue weighted by Gasteiger charge is 2.23. The number of amides is 1. The van der Waals surface area contributed by atoms with Crippen LogP contribution in [-0.4, -0.2) is 51.9 Å². The standard InChI is InChI=1S/C19H19ClN4O/c20-15-4-5-17-14(11-15)12-18(22-17)19(25)24-9-7-23(8-10-24)13-16-3-1-2-6-21-16/h1-6,11-12,22H,7-10,13H2. The Hall–Kier alpha value is -2.37. The third-order valence-electron chi connectivity index (χ3n) is 4.58. The lowest BCUT2D eigenvalue weighted by atomic mass is 10.2. The number of rotatable bonds is 3. The van der Waals surface area contributed by atoms with E-state index in [4.69, 9.17) is 11.6 Å². The zero-order chi connectivity index (χ0) is 17.2. The number of benzene rings is 1. The molecular formula is C19H19ClN4O. The summed E-state index contributed by atoms with van der Waals surface area (Å²) in [6.07, 6.45) is 1.82. The number of aromatic nitrogens is 2. The van der Waals surface area contributed by atoms with Crippen LogP contribution in [0.15, 0.2) is 48.7 Å². The number of hydrogen-bond donors (Lipinski definition) is 1. The molecule has 0 bridgehead atoms. The fraction of sp³-hybridized carbons (Fsp3) is 0.263. The molecule has 0 unspecified atom stereocenters. The summed E-state index contributed by atoms with van der Waals surface area (Å²) in [5, 5.41) is 1.64. The van der Waals surface area contributed by atoms with Crippen LogP contribution in [0.4, 0.5) is 0 Å². The van der Waals surface area contributed by atoms with Gasteiger partial charge in [-0.3, -0.25) is 14.7 Å². The van der Waals surface area contributed by atoms with Crippen LogP contribution in [-0.2, 0) is 6.54 Å². The maximum absolute atomic E-state index is 12.8. The highest BCUT2D eigenvalue weighted by molar-refractivity contribution is 6.31. The van der Waals surface area contributed by atoms with Crippen molar-refractivity contribution in [3.05, 3.63) is 65.1 Å². The maximum Gasteiger partial charge on any atom is 0.270 e. The van der Waals surface area contributed by atoms with Crippen molar-refractivity contribution in [2.45, 2.75) is 6.54 Å². The summed E-state index contributed by atoms with van der Waals surface area (Å²) in [7, 11) is 0. The minimum absolute atomic E-state index is 0.0461. The Morgan fingerprint density at radius 2 is 1.96 bits per heavy atom. The van der Waals surface area contributed by atoms with Crippen LogP contribution < -0.4 is 0 Å². The number of nitrogens with zero attached hydrogens (tertiary/aromatic N) is 3. The van der Waals surface area contributed by atoms with Crippen molar-refractivity contribution in [2.24, 2.45) is 0 Å². The first-order chi connectivity index (χ1) is 12.2. The van der Waals surface area contributed by atoms with E-state index >= 15 is 0 Å². The first kappa shape index (κ1) is 16.1. The Morgan fingerprint density at radius 3 is 2.72 bits per heavy atom. The molecule has 128 valence electrons. The fourth-order valence-corrected chi connectivity index (χ4v) is 3.40. The Bertz CT molecular complexity index is 885. The highest BCUT2D eigenvalue weighted by atomic mass is 35.5. The molecule has 1 amide bonds. The predicted octanol–water partition coefficient (Wildman–Crippen LogP) is 3.17. The Kier molecular flexibility index (Phi) is 4.42. The van der Waals surface area contributed by atoms with Gasteiger partial charge in [-0.05, 0) is 36.4 Å². The minimum Gasteiger partial charge on any atom is -0.351 e. The lowest BCUT2D eigenvalue weighted by Crippen LogP contribution is -2.48. The Labute approximate surface area is 151 Å². The lowest BCUT2D eigenvalue weighted by molar-refractivity contribution is 0.0622. The van der Waals surface area contributed by atoms with E-state index in [-0.39, 0.29) is 5.91 Å². The van der Waals surface area contributed by atoms with Crippen LogP contribution in [0.2, 0.25) is 5.02 Å². The highest BCUT2D eigenvalue weighted by Crippen LogP contribution is 2.21. The first-order valence-corrected chi connectivity index (χ1v) is 8.77. The number of pyridine rings is 1. The zero-order valence-corrected chi connectivity index (χ0v) is 14.5. The van der Waals surface area contributed by atoms with Crippen LogP contribution in [0.25, 0.3) is 10.9 Å². The third kappa shape index (κ3) is 3.52. The van der Waals surface area contributed by atoms with Gasteiger partial charge in [0.05, 0.1) is 5.69 Å². The molecule has 1 saturated heterocycles. The normalized spacial score (nSPS) is 15.6. The molecule has 0 radical (unpaired) electrons. The fourth-order valence-electron chi connectivity index (χ4n) is 3.22. The number of hydrogen-bond acceptors (Lipinski definition) is 3. The summed E-state index contributed by atoms with van der Waals surface area (Å²) in [6, 6.07) is 13.4. The molecule has 0 spiro atoms. The molecule has 3 heterocycles. The molecular weight excluding hydrogens is 336 g/mol. The van der Waals surface area contributed by atoms with Gasteiger partial charge in [-0.1, -0.05) is 17.7 Å². The average Bonchev–Trinajstić information content (AvgIpc) is 3.06.